The highest BCUT2D eigenvalue weighted by Gasteiger charge is 2.65. The third-order valence-electron chi connectivity index (χ3n) is 7.89. The van der Waals surface area contributed by atoms with Crippen molar-refractivity contribution in [3.8, 4) is 0 Å². The molecule has 148 valence electrons. The fourth-order valence-corrected chi connectivity index (χ4v) is 6.87. The molecule has 0 spiro atoms. The molecule has 4 aliphatic rings. The fourth-order valence-electron chi connectivity index (χ4n) is 6.87. The minimum atomic E-state index is -0.746. The van der Waals surface area contributed by atoms with Gasteiger partial charge in [-0.05, 0) is 37.8 Å². The van der Waals surface area contributed by atoms with E-state index in [0.29, 0.717) is 13.2 Å². The third kappa shape index (κ3) is 1.82. The summed E-state index contributed by atoms with van der Waals surface area (Å²) in [5.74, 6) is 0.0602. The van der Waals surface area contributed by atoms with Crippen molar-refractivity contribution in [1.82, 2.24) is 9.47 Å². The Morgan fingerprint density at radius 2 is 2.18 bits per heavy atom. The Kier molecular flexibility index (Phi) is 3.39. The number of para-hydroxylation sites is 1. The van der Waals surface area contributed by atoms with E-state index >= 15 is 0 Å². The molecule has 1 N–H and O–H groups in total. The van der Waals surface area contributed by atoms with Gasteiger partial charge in [-0.3, -0.25) is 9.69 Å². The van der Waals surface area contributed by atoms with E-state index in [-0.39, 0.29) is 30.0 Å². The van der Waals surface area contributed by atoms with Crippen LogP contribution in [0.3, 0.4) is 0 Å². The molecule has 0 unspecified atom stereocenters. The van der Waals surface area contributed by atoms with Crippen molar-refractivity contribution < 1.29 is 19.4 Å². The summed E-state index contributed by atoms with van der Waals surface area (Å²) >= 11 is 0. The highest BCUT2D eigenvalue weighted by atomic mass is 16.5. The second kappa shape index (κ2) is 5.59. The number of rotatable bonds is 1. The number of aliphatic hydroxyl groups excluding tert-OH is 1. The minimum absolute atomic E-state index is 0.0145. The van der Waals surface area contributed by atoms with Crippen molar-refractivity contribution in [2.24, 2.45) is 11.8 Å². The zero-order valence-corrected chi connectivity index (χ0v) is 16.3. The Morgan fingerprint density at radius 1 is 1.36 bits per heavy atom. The molecule has 1 saturated heterocycles. The van der Waals surface area contributed by atoms with Gasteiger partial charge in [0.25, 0.3) is 0 Å². The lowest BCUT2D eigenvalue weighted by atomic mass is 9.56. The summed E-state index contributed by atoms with van der Waals surface area (Å²) in [5.41, 5.74) is 2.48. The first-order valence-electron chi connectivity index (χ1n) is 10.3. The van der Waals surface area contributed by atoms with Gasteiger partial charge in [0.1, 0.15) is 11.6 Å². The van der Waals surface area contributed by atoms with E-state index < -0.39 is 11.6 Å². The molecule has 1 aromatic carbocycles. The van der Waals surface area contributed by atoms with Gasteiger partial charge in [-0.1, -0.05) is 18.2 Å². The van der Waals surface area contributed by atoms with E-state index in [1.165, 1.54) is 12.7 Å². The lowest BCUT2D eigenvalue weighted by Gasteiger charge is -2.58. The maximum atomic E-state index is 13.5. The number of methoxy groups -OCH3 is 1. The zero-order valence-electron chi connectivity index (χ0n) is 16.3. The van der Waals surface area contributed by atoms with Crippen LogP contribution in [-0.4, -0.2) is 53.1 Å². The number of aromatic nitrogens is 1. The number of fused-ring (bicyclic) bond motifs is 4. The summed E-state index contributed by atoms with van der Waals surface area (Å²) in [6.45, 7) is 3.52. The van der Waals surface area contributed by atoms with Crippen LogP contribution in [0.15, 0.2) is 24.3 Å². The van der Waals surface area contributed by atoms with Gasteiger partial charge in [0.05, 0.1) is 25.5 Å². The minimum Gasteiger partial charge on any atom is -0.468 e. The number of carbonyl (C=O) groups excluding carboxylic acids is 1. The maximum Gasteiger partial charge on any atom is 0.319 e. The fraction of sp³-hybridized carbons (Fsp3) is 0.591. The topological polar surface area (TPSA) is 63.9 Å². The predicted molar refractivity (Wildman–Crippen MR) is 103 cm³/mol. The first-order valence-corrected chi connectivity index (χ1v) is 10.3. The Bertz CT molecular complexity index is 984. The van der Waals surface area contributed by atoms with E-state index in [1.807, 2.05) is 12.1 Å². The van der Waals surface area contributed by atoms with Crippen LogP contribution in [0.25, 0.3) is 10.9 Å². The van der Waals surface area contributed by atoms with E-state index in [1.54, 1.807) is 0 Å². The van der Waals surface area contributed by atoms with Crippen LogP contribution in [0.4, 0.5) is 0 Å². The molecule has 28 heavy (non-hydrogen) atoms. The normalized spacial score (nSPS) is 38.9. The van der Waals surface area contributed by atoms with Crippen molar-refractivity contribution in [3.63, 3.8) is 0 Å². The van der Waals surface area contributed by atoms with E-state index in [4.69, 9.17) is 9.47 Å². The van der Waals surface area contributed by atoms with E-state index in [2.05, 4.69) is 28.5 Å². The summed E-state index contributed by atoms with van der Waals surface area (Å²) in [7, 11) is 1.50. The molecule has 3 aliphatic heterocycles. The molecule has 4 heterocycles. The van der Waals surface area contributed by atoms with Gasteiger partial charge in [0.2, 0.25) is 0 Å². The van der Waals surface area contributed by atoms with Gasteiger partial charge in [-0.15, -0.1) is 0 Å². The molecule has 2 fully saturated rings. The Labute approximate surface area is 164 Å². The Hall–Kier alpha value is -1.89. The van der Waals surface area contributed by atoms with E-state index in [0.717, 1.165) is 36.0 Å². The van der Waals surface area contributed by atoms with Crippen molar-refractivity contribution in [2.75, 3.05) is 20.4 Å². The van der Waals surface area contributed by atoms with Crippen LogP contribution in [0.1, 0.15) is 37.3 Å². The molecule has 1 saturated carbocycles. The quantitative estimate of drug-likeness (QED) is 0.766. The first-order chi connectivity index (χ1) is 13.6. The highest BCUT2D eigenvalue weighted by Crippen LogP contribution is 2.59. The van der Waals surface area contributed by atoms with Gasteiger partial charge in [-0.25, -0.2) is 0 Å². The lowest BCUT2D eigenvalue weighted by Crippen LogP contribution is -2.68. The monoisotopic (exact) mass is 382 g/mol. The molecule has 6 heteroatoms. The second-order valence-corrected chi connectivity index (χ2v) is 8.96. The molecule has 6 rings (SSSR count). The third-order valence-corrected chi connectivity index (χ3v) is 7.89. The second-order valence-electron chi connectivity index (χ2n) is 8.96. The molecular weight excluding hydrogens is 356 g/mol. The Morgan fingerprint density at radius 3 is 3.00 bits per heavy atom. The smallest absolute Gasteiger partial charge is 0.319 e. The number of carbonyl (C=O) groups is 1. The highest BCUT2D eigenvalue weighted by molar-refractivity contribution is 5.93. The van der Waals surface area contributed by atoms with Crippen LogP contribution in [0, 0.1) is 11.8 Å². The van der Waals surface area contributed by atoms with Crippen molar-refractivity contribution >= 4 is 16.9 Å². The summed E-state index contributed by atoms with van der Waals surface area (Å²) < 4.78 is 13.6. The number of aliphatic hydroxyl groups is 1. The number of hydrogen-bond donors (Lipinski definition) is 1. The molecule has 2 aromatic rings. The van der Waals surface area contributed by atoms with Crippen LogP contribution in [-0.2, 0) is 26.1 Å². The Balaban J connectivity index is 1.74. The largest absolute Gasteiger partial charge is 0.468 e. The number of nitrogens with zero attached hydrogens (tertiary/aromatic N) is 2. The van der Waals surface area contributed by atoms with Gasteiger partial charge < -0.3 is 19.1 Å². The molecule has 6 atom stereocenters. The summed E-state index contributed by atoms with van der Waals surface area (Å²) in [4.78, 5) is 15.9. The molecular formula is C22H26N2O4. The molecule has 0 amide bonds. The summed E-state index contributed by atoms with van der Waals surface area (Å²) in [5, 5.41) is 12.5. The van der Waals surface area contributed by atoms with Crippen LogP contribution in [0.2, 0.25) is 0 Å². The summed E-state index contributed by atoms with van der Waals surface area (Å²) in [6, 6.07) is 8.30. The molecule has 0 radical (unpaired) electrons. The average Bonchev–Trinajstić information content (AvgIpc) is 2.97. The average molecular weight is 382 g/mol. The number of esters is 1. The zero-order chi connectivity index (χ0) is 19.2. The SMILES string of the molecule is COC(=O)[C@]12C[C@H]3C[C@H]4[C@H](C)OCN(CCc5c1n(c1ccccc51)[C@H]3O)[C@@H]42. The van der Waals surface area contributed by atoms with Crippen molar-refractivity contribution in [1.29, 1.82) is 0 Å². The molecule has 2 bridgehead atoms. The summed E-state index contributed by atoms with van der Waals surface area (Å²) in [6.07, 6.45) is 1.81. The van der Waals surface area contributed by atoms with Gasteiger partial charge >= 0.3 is 5.97 Å². The number of hydrogen-bond acceptors (Lipinski definition) is 5. The van der Waals surface area contributed by atoms with Crippen molar-refractivity contribution in [2.45, 2.75) is 50.0 Å². The molecule has 1 aromatic heterocycles. The first kappa shape index (κ1) is 17.0. The van der Waals surface area contributed by atoms with Crippen LogP contribution in [0.5, 0.6) is 0 Å². The lowest BCUT2D eigenvalue weighted by molar-refractivity contribution is -0.197. The van der Waals surface area contributed by atoms with Crippen molar-refractivity contribution in [3.05, 3.63) is 35.5 Å². The van der Waals surface area contributed by atoms with Crippen LogP contribution < -0.4 is 0 Å². The van der Waals surface area contributed by atoms with Gasteiger partial charge in [0.15, 0.2) is 0 Å². The molecule has 1 aliphatic carbocycles. The number of ether oxygens (including phenoxy) is 2. The number of benzene rings is 1. The van der Waals surface area contributed by atoms with Gasteiger partial charge in [-0.2, -0.15) is 0 Å². The van der Waals surface area contributed by atoms with Gasteiger partial charge in [0, 0.05) is 35.5 Å². The molecule has 6 nitrogen and oxygen atoms in total. The van der Waals surface area contributed by atoms with Crippen LogP contribution >= 0.6 is 0 Å². The maximum absolute atomic E-state index is 13.5. The standard InChI is InChI=1S/C22H26N2O4/c1-12-16-9-13-10-22(21(26)27-2)18(16)23(11-28-12)8-7-15-14-5-3-4-6-17(14)24(19(15)22)20(13)25/h3-6,12-13,16,18,20,25H,7-11H2,1-2H3/t12-,13+,16-,18-,20-,22-/m0/s1. The van der Waals surface area contributed by atoms with E-state index in [9.17, 15) is 9.90 Å². The predicted octanol–water partition coefficient (Wildman–Crippen LogP) is 2.19.